The lowest BCUT2D eigenvalue weighted by atomic mass is 10.0. The predicted octanol–water partition coefficient (Wildman–Crippen LogP) is 2.83. The molecule has 0 bridgehead atoms. The minimum Gasteiger partial charge on any atom is -0.501 e. The summed E-state index contributed by atoms with van der Waals surface area (Å²) in [6, 6.07) is 0. The zero-order valence-corrected chi connectivity index (χ0v) is 8.34. The van der Waals surface area contributed by atoms with E-state index in [9.17, 15) is 4.79 Å². The SMILES string of the molecule is CCCCCC(=O)C1=COCCC1. The van der Waals surface area contributed by atoms with Gasteiger partial charge in [0.2, 0.25) is 0 Å². The first-order chi connectivity index (χ1) is 6.34. The Hall–Kier alpha value is -0.790. The van der Waals surface area contributed by atoms with Crippen LogP contribution in [0.3, 0.4) is 0 Å². The van der Waals surface area contributed by atoms with Crippen molar-refractivity contribution in [3.8, 4) is 0 Å². The smallest absolute Gasteiger partial charge is 0.161 e. The van der Waals surface area contributed by atoms with Gasteiger partial charge in [0.1, 0.15) is 0 Å². The van der Waals surface area contributed by atoms with E-state index < -0.39 is 0 Å². The molecule has 13 heavy (non-hydrogen) atoms. The summed E-state index contributed by atoms with van der Waals surface area (Å²) < 4.78 is 5.13. The zero-order chi connectivity index (χ0) is 9.52. The van der Waals surface area contributed by atoms with Gasteiger partial charge >= 0.3 is 0 Å². The quantitative estimate of drug-likeness (QED) is 0.611. The highest BCUT2D eigenvalue weighted by Crippen LogP contribution is 2.15. The van der Waals surface area contributed by atoms with E-state index in [4.69, 9.17) is 4.74 Å². The maximum Gasteiger partial charge on any atom is 0.161 e. The molecule has 0 fully saturated rings. The van der Waals surface area contributed by atoms with Gasteiger partial charge in [-0.15, -0.1) is 0 Å². The van der Waals surface area contributed by atoms with E-state index >= 15 is 0 Å². The molecule has 2 nitrogen and oxygen atoms in total. The Morgan fingerprint density at radius 1 is 1.54 bits per heavy atom. The van der Waals surface area contributed by atoms with Crippen LogP contribution in [0.4, 0.5) is 0 Å². The molecule has 0 unspecified atom stereocenters. The summed E-state index contributed by atoms with van der Waals surface area (Å²) in [5, 5.41) is 0. The van der Waals surface area contributed by atoms with Crippen molar-refractivity contribution >= 4 is 5.78 Å². The number of unbranched alkanes of at least 4 members (excludes halogenated alkanes) is 2. The van der Waals surface area contributed by atoms with Crippen molar-refractivity contribution in [1.29, 1.82) is 0 Å². The molecule has 1 aliphatic heterocycles. The molecule has 0 aromatic carbocycles. The van der Waals surface area contributed by atoms with Crippen molar-refractivity contribution in [3.63, 3.8) is 0 Å². The van der Waals surface area contributed by atoms with Crippen LogP contribution in [0, 0.1) is 0 Å². The highest BCUT2D eigenvalue weighted by Gasteiger charge is 2.12. The Morgan fingerprint density at radius 3 is 3.00 bits per heavy atom. The predicted molar refractivity (Wildman–Crippen MR) is 52.4 cm³/mol. The van der Waals surface area contributed by atoms with Gasteiger partial charge in [-0.1, -0.05) is 19.8 Å². The second-order valence-electron chi connectivity index (χ2n) is 3.50. The van der Waals surface area contributed by atoms with Crippen molar-refractivity contribution in [2.75, 3.05) is 6.61 Å². The van der Waals surface area contributed by atoms with Gasteiger partial charge in [0.15, 0.2) is 5.78 Å². The molecule has 1 heterocycles. The highest BCUT2D eigenvalue weighted by atomic mass is 16.5. The lowest BCUT2D eigenvalue weighted by molar-refractivity contribution is -0.116. The lowest BCUT2D eigenvalue weighted by Crippen LogP contribution is -2.08. The third kappa shape index (κ3) is 3.62. The van der Waals surface area contributed by atoms with Crippen molar-refractivity contribution in [2.24, 2.45) is 0 Å². The standard InChI is InChI=1S/C11H18O2/c1-2-3-4-7-11(12)10-6-5-8-13-9-10/h9H,2-8H2,1H3. The largest absolute Gasteiger partial charge is 0.501 e. The van der Waals surface area contributed by atoms with Gasteiger partial charge in [0.25, 0.3) is 0 Å². The van der Waals surface area contributed by atoms with Crippen LogP contribution in [-0.4, -0.2) is 12.4 Å². The molecule has 0 aromatic rings. The monoisotopic (exact) mass is 182 g/mol. The molecule has 1 aliphatic rings. The molecule has 0 radical (unpaired) electrons. The molecular weight excluding hydrogens is 164 g/mol. The van der Waals surface area contributed by atoms with Gasteiger partial charge in [-0.2, -0.15) is 0 Å². The third-order valence-corrected chi connectivity index (χ3v) is 2.30. The summed E-state index contributed by atoms with van der Waals surface area (Å²) >= 11 is 0. The number of carbonyl (C=O) groups is 1. The number of allylic oxidation sites excluding steroid dienone is 1. The van der Waals surface area contributed by atoms with Crippen LogP contribution >= 0.6 is 0 Å². The minimum absolute atomic E-state index is 0.285. The van der Waals surface area contributed by atoms with E-state index in [1.807, 2.05) is 0 Å². The first kappa shape index (κ1) is 10.3. The Labute approximate surface area is 80.0 Å². The second-order valence-corrected chi connectivity index (χ2v) is 3.50. The summed E-state index contributed by atoms with van der Waals surface area (Å²) in [6.07, 6.45) is 7.59. The van der Waals surface area contributed by atoms with Gasteiger partial charge in [0.05, 0.1) is 12.9 Å². The average Bonchev–Trinajstić information content (AvgIpc) is 2.19. The van der Waals surface area contributed by atoms with Crippen LogP contribution in [0.15, 0.2) is 11.8 Å². The molecule has 1 rings (SSSR count). The summed E-state index contributed by atoms with van der Waals surface area (Å²) in [4.78, 5) is 11.5. The summed E-state index contributed by atoms with van der Waals surface area (Å²) in [7, 11) is 0. The highest BCUT2D eigenvalue weighted by molar-refractivity contribution is 5.95. The normalized spacial score (nSPS) is 16.2. The van der Waals surface area contributed by atoms with Gasteiger partial charge in [-0.3, -0.25) is 4.79 Å². The molecular formula is C11H18O2. The fourth-order valence-corrected chi connectivity index (χ4v) is 1.47. The first-order valence-corrected chi connectivity index (χ1v) is 5.18. The van der Waals surface area contributed by atoms with Crippen LogP contribution < -0.4 is 0 Å². The van der Waals surface area contributed by atoms with E-state index in [0.29, 0.717) is 6.42 Å². The summed E-state index contributed by atoms with van der Waals surface area (Å²) in [5.41, 5.74) is 0.891. The molecule has 2 heteroatoms. The zero-order valence-electron chi connectivity index (χ0n) is 8.34. The van der Waals surface area contributed by atoms with Crippen molar-refractivity contribution in [2.45, 2.75) is 45.4 Å². The van der Waals surface area contributed by atoms with Crippen LogP contribution in [0.25, 0.3) is 0 Å². The maximum absolute atomic E-state index is 11.5. The molecule has 0 N–H and O–H groups in total. The van der Waals surface area contributed by atoms with E-state index in [2.05, 4.69) is 6.92 Å². The number of ether oxygens (including phenoxy) is 1. The van der Waals surface area contributed by atoms with Gasteiger partial charge in [0, 0.05) is 12.0 Å². The third-order valence-electron chi connectivity index (χ3n) is 2.30. The fraction of sp³-hybridized carbons (Fsp3) is 0.727. The Morgan fingerprint density at radius 2 is 2.38 bits per heavy atom. The van der Waals surface area contributed by atoms with Gasteiger partial charge in [-0.25, -0.2) is 0 Å². The van der Waals surface area contributed by atoms with E-state index in [-0.39, 0.29) is 5.78 Å². The first-order valence-electron chi connectivity index (χ1n) is 5.18. The topological polar surface area (TPSA) is 26.3 Å². The summed E-state index contributed by atoms with van der Waals surface area (Å²) in [6.45, 7) is 2.92. The number of hydrogen-bond donors (Lipinski definition) is 0. The molecule has 0 aromatic heterocycles. The van der Waals surface area contributed by atoms with Crippen LogP contribution in [-0.2, 0) is 9.53 Å². The van der Waals surface area contributed by atoms with Crippen LogP contribution in [0.2, 0.25) is 0 Å². The number of carbonyl (C=O) groups excluding carboxylic acids is 1. The van der Waals surface area contributed by atoms with Crippen LogP contribution in [0.5, 0.6) is 0 Å². The average molecular weight is 182 g/mol. The Balaban J connectivity index is 2.25. The molecule has 0 saturated carbocycles. The Kier molecular flexibility index (Phi) is 4.58. The molecule has 0 saturated heterocycles. The Bertz CT molecular complexity index is 194. The molecule has 0 amide bonds. The number of Topliss-reactive ketones (excluding diaryl/α,β-unsaturated/α-hetero) is 1. The van der Waals surface area contributed by atoms with Gasteiger partial charge < -0.3 is 4.74 Å². The molecule has 0 spiro atoms. The second kappa shape index (κ2) is 5.79. The van der Waals surface area contributed by atoms with Crippen LogP contribution in [0.1, 0.15) is 45.4 Å². The van der Waals surface area contributed by atoms with Crippen molar-refractivity contribution < 1.29 is 9.53 Å². The van der Waals surface area contributed by atoms with Crippen molar-refractivity contribution in [1.82, 2.24) is 0 Å². The maximum atomic E-state index is 11.5. The van der Waals surface area contributed by atoms with E-state index in [0.717, 1.165) is 37.9 Å². The van der Waals surface area contributed by atoms with E-state index in [1.54, 1.807) is 6.26 Å². The van der Waals surface area contributed by atoms with Gasteiger partial charge in [-0.05, 0) is 19.3 Å². The lowest BCUT2D eigenvalue weighted by Gasteiger charge is -2.12. The van der Waals surface area contributed by atoms with Crippen molar-refractivity contribution in [3.05, 3.63) is 11.8 Å². The fourth-order valence-electron chi connectivity index (χ4n) is 1.47. The number of rotatable bonds is 5. The molecule has 74 valence electrons. The summed E-state index contributed by atoms with van der Waals surface area (Å²) in [5.74, 6) is 0.285. The molecule has 0 atom stereocenters. The molecule has 0 aliphatic carbocycles. The van der Waals surface area contributed by atoms with E-state index in [1.165, 1.54) is 6.42 Å². The number of hydrogen-bond acceptors (Lipinski definition) is 2. The number of ketones is 1. The minimum atomic E-state index is 0.285.